The van der Waals surface area contributed by atoms with Gasteiger partial charge in [-0.1, -0.05) is 6.07 Å². The van der Waals surface area contributed by atoms with E-state index >= 15 is 0 Å². The van der Waals surface area contributed by atoms with Crippen LogP contribution in [0.2, 0.25) is 0 Å². The second kappa shape index (κ2) is 7.47. The Morgan fingerprint density at radius 3 is 2.58 bits per heavy atom. The molecule has 19 heavy (non-hydrogen) atoms. The minimum absolute atomic E-state index is 0.0340. The average Bonchev–Trinajstić information content (AvgIpc) is 2.38. The van der Waals surface area contributed by atoms with Crippen LogP contribution in [0, 0.1) is 0 Å². The number of rotatable bonds is 8. The van der Waals surface area contributed by atoms with Gasteiger partial charge in [0.25, 0.3) is 0 Å². The molecule has 0 aliphatic rings. The normalized spacial score (nSPS) is 11.5. The molecule has 0 fully saturated rings. The maximum Gasteiger partial charge on any atom is 0.154 e. The van der Waals surface area contributed by atoms with Gasteiger partial charge in [-0.25, -0.2) is 8.42 Å². The molecule has 0 aromatic heterocycles. The number of sulfone groups is 1. The summed E-state index contributed by atoms with van der Waals surface area (Å²) in [6.45, 7) is 0.819. The fourth-order valence-corrected chi connectivity index (χ4v) is 3.21. The second-order valence-corrected chi connectivity index (χ2v) is 6.47. The number of nitrogens with two attached hydrogens (primary N) is 1. The molecule has 1 rings (SSSR count). The summed E-state index contributed by atoms with van der Waals surface area (Å²) in [5.41, 5.74) is 7.11. The predicted molar refractivity (Wildman–Crippen MR) is 74.9 cm³/mol. The molecule has 0 amide bonds. The molecule has 108 valence electrons. The number of methoxy groups -OCH3 is 2. The molecule has 0 saturated heterocycles. The Morgan fingerprint density at radius 2 is 2.00 bits per heavy atom. The van der Waals surface area contributed by atoms with Gasteiger partial charge < -0.3 is 15.2 Å². The zero-order chi connectivity index (χ0) is 14.3. The molecular weight excluding hydrogens is 266 g/mol. The monoisotopic (exact) mass is 287 g/mol. The molecule has 0 saturated carbocycles. The molecule has 6 heteroatoms. The van der Waals surface area contributed by atoms with Gasteiger partial charge in [-0.05, 0) is 24.1 Å². The van der Waals surface area contributed by atoms with E-state index in [0.29, 0.717) is 30.9 Å². The Hall–Kier alpha value is -1.11. The average molecular weight is 287 g/mol. The molecule has 0 spiro atoms. The van der Waals surface area contributed by atoms with Crippen molar-refractivity contribution in [3.63, 3.8) is 0 Å². The van der Waals surface area contributed by atoms with Crippen LogP contribution in [0.25, 0.3) is 0 Å². The fourth-order valence-electron chi connectivity index (χ4n) is 1.80. The van der Waals surface area contributed by atoms with E-state index in [1.54, 1.807) is 19.2 Å². The van der Waals surface area contributed by atoms with E-state index in [2.05, 4.69) is 0 Å². The molecule has 0 radical (unpaired) electrons. The van der Waals surface area contributed by atoms with Gasteiger partial charge >= 0.3 is 0 Å². The maximum atomic E-state index is 12.0. The summed E-state index contributed by atoms with van der Waals surface area (Å²) in [4.78, 5) is 0. The van der Waals surface area contributed by atoms with Crippen LogP contribution >= 0.6 is 0 Å². The first kappa shape index (κ1) is 15.9. The van der Waals surface area contributed by atoms with Crippen molar-refractivity contribution < 1.29 is 17.9 Å². The first-order chi connectivity index (χ1) is 9.02. The largest absolute Gasteiger partial charge is 0.496 e. The number of benzene rings is 1. The lowest BCUT2D eigenvalue weighted by Crippen LogP contribution is -2.12. The number of hydrogen-bond acceptors (Lipinski definition) is 5. The molecule has 1 aromatic rings. The topological polar surface area (TPSA) is 78.6 Å². The van der Waals surface area contributed by atoms with E-state index in [0.717, 1.165) is 5.56 Å². The van der Waals surface area contributed by atoms with Crippen molar-refractivity contribution in [1.82, 2.24) is 0 Å². The number of ether oxygens (including phenoxy) is 2. The zero-order valence-corrected chi connectivity index (χ0v) is 12.2. The molecule has 0 aliphatic carbocycles. The summed E-state index contributed by atoms with van der Waals surface area (Å²) in [5.74, 6) is 0.650. The van der Waals surface area contributed by atoms with Crippen LogP contribution in [0.1, 0.15) is 17.5 Å². The lowest BCUT2D eigenvalue weighted by molar-refractivity contribution is 0.199. The van der Waals surface area contributed by atoms with Crippen molar-refractivity contribution in [3.05, 3.63) is 29.3 Å². The minimum atomic E-state index is -3.17. The van der Waals surface area contributed by atoms with Gasteiger partial charge in [0.2, 0.25) is 0 Å². The molecule has 0 aliphatic heterocycles. The zero-order valence-electron chi connectivity index (χ0n) is 11.4. The Morgan fingerprint density at radius 1 is 1.26 bits per heavy atom. The van der Waals surface area contributed by atoms with Crippen LogP contribution < -0.4 is 10.5 Å². The van der Waals surface area contributed by atoms with Crippen LogP contribution in [-0.4, -0.2) is 35.0 Å². The summed E-state index contributed by atoms with van der Waals surface area (Å²) in [5, 5.41) is 0. The first-order valence-electron chi connectivity index (χ1n) is 6.07. The Bertz CT molecular complexity index is 499. The summed E-state index contributed by atoms with van der Waals surface area (Å²) in [6.07, 6.45) is 0.498. The number of hydrogen-bond donors (Lipinski definition) is 1. The van der Waals surface area contributed by atoms with E-state index in [1.165, 1.54) is 7.11 Å². The van der Waals surface area contributed by atoms with Crippen LogP contribution in [0.4, 0.5) is 0 Å². The van der Waals surface area contributed by atoms with Crippen molar-refractivity contribution in [2.75, 3.05) is 26.6 Å². The van der Waals surface area contributed by atoms with E-state index in [4.69, 9.17) is 15.2 Å². The lowest BCUT2D eigenvalue weighted by atomic mass is 10.1. The third-order valence-corrected chi connectivity index (χ3v) is 4.42. The molecule has 0 atom stereocenters. The highest BCUT2D eigenvalue weighted by Crippen LogP contribution is 2.22. The van der Waals surface area contributed by atoms with Crippen molar-refractivity contribution in [2.45, 2.75) is 18.7 Å². The molecule has 1 aromatic carbocycles. The Labute approximate surface area is 114 Å². The van der Waals surface area contributed by atoms with E-state index in [9.17, 15) is 8.42 Å². The Kier molecular flexibility index (Phi) is 6.27. The predicted octanol–water partition coefficient (Wildman–Crippen LogP) is 1.11. The summed E-state index contributed by atoms with van der Waals surface area (Å²) < 4.78 is 34.0. The van der Waals surface area contributed by atoms with Crippen LogP contribution in [0.3, 0.4) is 0 Å². The SMILES string of the molecule is COCCCS(=O)(=O)Cc1cc(CN)ccc1OC. The second-order valence-electron chi connectivity index (χ2n) is 4.29. The van der Waals surface area contributed by atoms with Gasteiger partial charge in [-0.15, -0.1) is 0 Å². The standard InChI is InChI=1S/C13H21NO4S/c1-17-6-3-7-19(15,16)10-12-8-11(9-14)4-5-13(12)18-2/h4-5,8H,3,6-7,9-10,14H2,1-2H3. The molecule has 0 heterocycles. The van der Waals surface area contributed by atoms with Crippen molar-refractivity contribution >= 4 is 9.84 Å². The minimum Gasteiger partial charge on any atom is -0.496 e. The lowest BCUT2D eigenvalue weighted by Gasteiger charge is -2.11. The van der Waals surface area contributed by atoms with Gasteiger partial charge in [0.05, 0.1) is 18.6 Å². The van der Waals surface area contributed by atoms with Crippen molar-refractivity contribution in [1.29, 1.82) is 0 Å². The third kappa shape index (κ3) is 5.18. The van der Waals surface area contributed by atoms with Crippen LogP contribution in [0.5, 0.6) is 5.75 Å². The summed E-state index contributed by atoms with van der Waals surface area (Å²) in [6, 6.07) is 5.37. The van der Waals surface area contributed by atoms with Gasteiger partial charge in [0.15, 0.2) is 9.84 Å². The smallest absolute Gasteiger partial charge is 0.154 e. The highest BCUT2D eigenvalue weighted by atomic mass is 32.2. The first-order valence-corrected chi connectivity index (χ1v) is 7.89. The van der Waals surface area contributed by atoms with E-state index < -0.39 is 9.84 Å². The Balaban J connectivity index is 2.84. The van der Waals surface area contributed by atoms with Crippen LogP contribution in [-0.2, 0) is 26.9 Å². The van der Waals surface area contributed by atoms with Gasteiger partial charge in [0.1, 0.15) is 5.75 Å². The van der Waals surface area contributed by atoms with Gasteiger partial charge in [-0.3, -0.25) is 0 Å². The van der Waals surface area contributed by atoms with Crippen LogP contribution in [0.15, 0.2) is 18.2 Å². The van der Waals surface area contributed by atoms with Crippen molar-refractivity contribution in [3.8, 4) is 5.75 Å². The highest BCUT2D eigenvalue weighted by molar-refractivity contribution is 7.90. The summed E-state index contributed by atoms with van der Waals surface area (Å²) >= 11 is 0. The third-order valence-electron chi connectivity index (χ3n) is 2.76. The van der Waals surface area contributed by atoms with Gasteiger partial charge in [-0.2, -0.15) is 0 Å². The van der Waals surface area contributed by atoms with E-state index in [1.807, 2.05) is 6.07 Å². The molecule has 2 N–H and O–H groups in total. The maximum absolute atomic E-state index is 12.0. The molecule has 5 nitrogen and oxygen atoms in total. The quantitative estimate of drug-likeness (QED) is 0.724. The highest BCUT2D eigenvalue weighted by Gasteiger charge is 2.15. The van der Waals surface area contributed by atoms with Gasteiger partial charge in [0, 0.05) is 25.8 Å². The fraction of sp³-hybridized carbons (Fsp3) is 0.538. The molecular formula is C13H21NO4S. The summed E-state index contributed by atoms with van der Waals surface area (Å²) in [7, 11) is -0.0831. The molecule has 0 unspecified atom stereocenters. The molecule has 0 bridgehead atoms. The van der Waals surface area contributed by atoms with E-state index in [-0.39, 0.29) is 11.5 Å². The van der Waals surface area contributed by atoms with Crippen molar-refractivity contribution in [2.24, 2.45) is 5.73 Å².